The highest BCUT2D eigenvalue weighted by Crippen LogP contribution is 2.38. The van der Waals surface area contributed by atoms with Crippen molar-refractivity contribution in [1.29, 1.82) is 0 Å². The van der Waals surface area contributed by atoms with Crippen molar-refractivity contribution < 1.29 is 0 Å². The normalized spacial score (nSPS) is 24.3. The summed E-state index contributed by atoms with van der Waals surface area (Å²) in [7, 11) is 0. The Balaban J connectivity index is 1.59. The summed E-state index contributed by atoms with van der Waals surface area (Å²) in [5.41, 5.74) is 4.37. The molecule has 2 heterocycles. The first-order valence-corrected chi connectivity index (χ1v) is 9.35. The Labute approximate surface area is 147 Å². The summed E-state index contributed by atoms with van der Waals surface area (Å²) in [6.07, 6.45) is 7.71. The lowest BCUT2D eigenvalue weighted by atomic mass is 9.82. The molecule has 2 aliphatic rings. The maximum Gasteiger partial charge on any atom is 0.0290 e. The molecule has 118 valence electrons. The molecule has 23 heavy (non-hydrogen) atoms. The second-order valence-corrected chi connectivity index (χ2v) is 7.63. The number of hydrogen-bond acceptors (Lipinski definition) is 1. The molecule has 0 N–H and O–H groups in total. The van der Waals surface area contributed by atoms with Crippen molar-refractivity contribution in [1.82, 2.24) is 4.90 Å². The van der Waals surface area contributed by atoms with Crippen LogP contribution in [0, 0.1) is 0 Å². The van der Waals surface area contributed by atoms with Gasteiger partial charge in [-0.1, -0.05) is 70.9 Å². The van der Waals surface area contributed by atoms with E-state index in [9.17, 15) is 0 Å². The molecule has 2 atom stereocenters. The molecule has 2 unspecified atom stereocenters. The summed E-state index contributed by atoms with van der Waals surface area (Å²) in [5.74, 6) is 0. The summed E-state index contributed by atoms with van der Waals surface area (Å²) in [6.45, 7) is 1.08. The summed E-state index contributed by atoms with van der Waals surface area (Å²) in [5, 5.41) is 0. The molecule has 1 saturated heterocycles. The standard InChI is InChI=1S/C21H22BrN/c22-19-11-9-17(10-12-19)18-13-20-7-4-8-21(14-18)23(20)15-16-5-2-1-3-6-16/h1-3,5-6,9-13,20-21H,4,7-8,14-15H2. The SMILES string of the molecule is Brc1ccc(C2=CC3CCCC(C2)N3Cc2ccccc2)cc1. The van der Waals surface area contributed by atoms with E-state index in [1.807, 2.05) is 0 Å². The topological polar surface area (TPSA) is 3.24 Å². The van der Waals surface area contributed by atoms with Gasteiger partial charge in [0, 0.05) is 23.1 Å². The fourth-order valence-electron chi connectivity index (χ4n) is 4.04. The molecule has 2 bridgehead atoms. The van der Waals surface area contributed by atoms with Crippen molar-refractivity contribution in [2.24, 2.45) is 0 Å². The van der Waals surface area contributed by atoms with Gasteiger partial charge < -0.3 is 0 Å². The van der Waals surface area contributed by atoms with Crippen molar-refractivity contribution in [2.75, 3.05) is 0 Å². The highest BCUT2D eigenvalue weighted by molar-refractivity contribution is 9.10. The van der Waals surface area contributed by atoms with Crippen molar-refractivity contribution >= 4 is 21.5 Å². The molecular weight excluding hydrogens is 346 g/mol. The van der Waals surface area contributed by atoms with Crippen LogP contribution in [0.3, 0.4) is 0 Å². The van der Waals surface area contributed by atoms with Crippen LogP contribution in [0.25, 0.3) is 5.57 Å². The first-order valence-electron chi connectivity index (χ1n) is 8.56. The van der Waals surface area contributed by atoms with Crippen LogP contribution in [0.4, 0.5) is 0 Å². The molecule has 0 radical (unpaired) electrons. The average Bonchev–Trinajstić information content (AvgIpc) is 2.56. The van der Waals surface area contributed by atoms with E-state index in [1.165, 1.54) is 42.4 Å². The third-order valence-corrected chi connectivity index (χ3v) is 5.73. The maximum absolute atomic E-state index is 3.54. The number of piperidine rings is 1. The van der Waals surface area contributed by atoms with Gasteiger partial charge in [-0.15, -0.1) is 0 Å². The quantitative estimate of drug-likeness (QED) is 0.676. The Bertz CT molecular complexity index is 690. The van der Waals surface area contributed by atoms with Crippen LogP contribution in [0.1, 0.15) is 36.8 Å². The Morgan fingerprint density at radius 1 is 0.957 bits per heavy atom. The van der Waals surface area contributed by atoms with E-state index in [0.717, 1.165) is 11.0 Å². The van der Waals surface area contributed by atoms with Gasteiger partial charge in [0.25, 0.3) is 0 Å². The van der Waals surface area contributed by atoms with Crippen molar-refractivity contribution in [3.8, 4) is 0 Å². The predicted octanol–water partition coefficient (Wildman–Crippen LogP) is 5.66. The average molecular weight is 368 g/mol. The number of halogens is 1. The van der Waals surface area contributed by atoms with Crippen molar-refractivity contribution in [2.45, 2.75) is 44.3 Å². The molecule has 2 aromatic rings. The third-order valence-electron chi connectivity index (χ3n) is 5.20. The number of hydrogen-bond donors (Lipinski definition) is 0. The zero-order chi connectivity index (χ0) is 15.6. The van der Waals surface area contributed by atoms with Crippen LogP contribution in [0.15, 0.2) is 65.1 Å². The number of nitrogens with zero attached hydrogens (tertiary/aromatic N) is 1. The van der Waals surface area contributed by atoms with E-state index in [2.05, 4.69) is 81.5 Å². The van der Waals surface area contributed by atoms with E-state index >= 15 is 0 Å². The summed E-state index contributed by atoms with van der Waals surface area (Å²) in [4.78, 5) is 2.72. The summed E-state index contributed by atoms with van der Waals surface area (Å²) < 4.78 is 1.16. The first-order chi connectivity index (χ1) is 11.3. The van der Waals surface area contributed by atoms with Crippen LogP contribution in [0.2, 0.25) is 0 Å². The van der Waals surface area contributed by atoms with Gasteiger partial charge >= 0.3 is 0 Å². The Morgan fingerprint density at radius 3 is 2.48 bits per heavy atom. The largest absolute Gasteiger partial charge is 0.289 e. The monoisotopic (exact) mass is 367 g/mol. The molecule has 1 fully saturated rings. The van der Waals surface area contributed by atoms with Gasteiger partial charge in [0.05, 0.1) is 0 Å². The van der Waals surface area contributed by atoms with Crippen molar-refractivity contribution in [3.63, 3.8) is 0 Å². The third kappa shape index (κ3) is 3.29. The molecule has 0 amide bonds. The lowest BCUT2D eigenvalue weighted by Crippen LogP contribution is -2.47. The van der Waals surface area contributed by atoms with Gasteiger partial charge in [0.2, 0.25) is 0 Å². The minimum Gasteiger partial charge on any atom is -0.289 e. The molecule has 2 aromatic carbocycles. The first kappa shape index (κ1) is 15.2. The van der Waals surface area contributed by atoms with Crippen LogP contribution < -0.4 is 0 Å². The molecule has 2 heteroatoms. The van der Waals surface area contributed by atoms with Crippen LogP contribution in [0.5, 0.6) is 0 Å². The zero-order valence-corrected chi connectivity index (χ0v) is 14.9. The fourth-order valence-corrected chi connectivity index (χ4v) is 4.30. The molecule has 0 aliphatic carbocycles. The Morgan fingerprint density at radius 2 is 1.74 bits per heavy atom. The lowest BCUT2D eigenvalue weighted by molar-refractivity contribution is 0.0951. The Hall–Kier alpha value is -1.38. The molecule has 2 aliphatic heterocycles. The molecule has 1 nitrogen and oxygen atoms in total. The molecule has 4 rings (SSSR count). The van der Waals surface area contributed by atoms with E-state index in [4.69, 9.17) is 0 Å². The lowest BCUT2D eigenvalue weighted by Gasteiger charge is -2.45. The van der Waals surface area contributed by atoms with Crippen LogP contribution >= 0.6 is 15.9 Å². The van der Waals surface area contributed by atoms with Crippen LogP contribution in [-0.4, -0.2) is 17.0 Å². The second kappa shape index (κ2) is 6.62. The molecule has 0 aromatic heterocycles. The van der Waals surface area contributed by atoms with Crippen molar-refractivity contribution in [3.05, 3.63) is 76.3 Å². The van der Waals surface area contributed by atoms with E-state index in [0.29, 0.717) is 12.1 Å². The minimum absolute atomic E-state index is 0.598. The van der Waals surface area contributed by atoms with E-state index in [1.54, 1.807) is 0 Å². The summed E-state index contributed by atoms with van der Waals surface area (Å²) >= 11 is 3.54. The van der Waals surface area contributed by atoms with Gasteiger partial charge in [-0.25, -0.2) is 0 Å². The molecule has 0 spiro atoms. The minimum atomic E-state index is 0.598. The second-order valence-electron chi connectivity index (χ2n) is 6.71. The number of benzene rings is 2. The Kier molecular flexibility index (Phi) is 4.37. The highest BCUT2D eigenvalue weighted by atomic mass is 79.9. The smallest absolute Gasteiger partial charge is 0.0290 e. The summed E-state index contributed by atoms with van der Waals surface area (Å²) in [6, 6.07) is 21.0. The highest BCUT2D eigenvalue weighted by Gasteiger charge is 2.33. The van der Waals surface area contributed by atoms with E-state index in [-0.39, 0.29) is 0 Å². The van der Waals surface area contributed by atoms with Gasteiger partial charge in [-0.2, -0.15) is 0 Å². The fraction of sp³-hybridized carbons (Fsp3) is 0.333. The van der Waals surface area contributed by atoms with Crippen LogP contribution in [-0.2, 0) is 6.54 Å². The molecule has 0 saturated carbocycles. The van der Waals surface area contributed by atoms with Gasteiger partial charge in [0.1, 0.15) is 0 Å². The van der Waals surface area contributed by atoms with Gasteiger partial charge in [0.15, 0.2) is 0 Å². The predicted molar refractivity (Wildman–Crippen MR) is 100 cm³/mol. The zero-order valence-electron chi connectivity index (χ0n) is 13.3. The van der Waals surface area contributed by atoms with Gasteiger partial charge in [-0.05, 0) is 48.1 Å². The van der Waals surface area contributed by atoms with E-state index < -0.39 is 0 Å². The number of fused-ring (bicyclic) bond motifs is 2. The molecular formula is C21H22BrN. The number of rotatable bonds is 3. The van der Waals surface area contributed by atoms with Gasteiger partial charge in [-0.3, -0.25) is 4.90 Å². The maximum atomic E-state index is 3.54.